The molecule has 1 fully saturated rings. The molecule has 0 radical (unpaired) electrons. The summed E-state index contributed by atoms with van der Waals surface area (Å²) in [6.07, 6.45) is 0.0826. The predicted octanol–water partition coefficient (Wildman–Crippen LogP) is 4.32. The minimum Gasteiger partial charge on any atom is -0.453 e. The van der Waals surface area contributed by atoms with Crippen molar-refractivity contribution in [1.82, 2.24) is 19.8 Å². The molecule has 0 aliphatic carbocycles. The number of methoxy groups -OCH3 is 1. The third-order valence-corrected chi connectivity index (χ3v) is 6.15. The van der Waals surface area contributed by atoms with Gasteiger partial charge in [-0.15, -0.1) is 0 Å². The Morgan fingerprint density at radius 3 is 2.36 bits per heavy atom. The standard InChI is InChI=1S/C25H31BrN4O6/c1-14(2)20(28-23(33)35-6)22(32)29-13-17(31)11-18(29)21-27-12-19(15-7-9-16(26)10-8-15)30(21)24(34)36-25(3,4)5/h7-10,12,14,18,20H,11,13H2,1-6H3,(H,28,33)/t18-,20-/m0/s1. The number of likely N-dealkylation sites (tertiary alicyclic amines) is 1. The minimum absolute atomic E-state index is 0.0195. The molecule has 1 aliphatic heterocycles. The molecule has 1 aliphatic rings. The number of carbonyl (C=O) groups is 4. The normalized spacial score (nSPS) is 16.7. The highest BCUT2D eigenvalue weighted by molar-refractivity contribution is 9.10. The molecule has 1 aromatic heterocycles. The summed E-state index contributed by atoms with van der Waals surface area (Å²) < 4.78 is 12.5. The summed E-state index contributed by atoms with van der Waals surface area (Å²) in [5.41, 5.74) is 0.382. The third-order valence-electron chi connectivity index (χ3n) is 5.62. The van der Waals surface area contributed by atoms with Gasteiger partial charge in [-0.2, -0.15) is 0 Å². The molecule has 3 rings (SSSR count). The Morgan fingerprint density at radius 1 is 1.17 bits per heavy atom. The van der Waals surface area contributed by atoms with E-state index in [0.717, 1.165) is 4.47 Å². The van der Waals surface area contributed by atoms with Crippen LogP contribution in [0.25, 0.3) is 11.3 Å². The SMILES string of the molecule is COC(=O)N[C@H](C(=O)N1CC(=O)C[C@H]1c1ncc(-c2ccc(Br)cc2)n1C(=O)OC(C)(C)C)C(C)C. The monoisotopic (exact) mass is 562 g/mol. The number of ether oxygens (including phenoxy) is 2. The fourth-order valence-corrected chi connectivity index (χ4v) is 4.22. The van der Waals surface area contributed by atoms with Crippen LogP contribution < -0.4 is 5.32 Å². The number of aromatic nitrogens is 2. The Morgan fingerprint density at radius 2 is 1.81 bits per heavy atom. The number of carbonyl (C=O) groups excluding carboxylic acids is 4. The van der Waals surface area contributed by atoms with Crippen LogP contribution in [0, 0.1) is 5.92 Å². The quantitative estimate of drug-likeness (QED) is 0.576. The summed E-state index contributed by atoms with van der Waals surface area (Å²) in [6, 6.07) is 5.57. The number of halogens is 1. The van der Waals surface area contributed by atoms with Crippen molar-refractivity contribution in [2.45, 2.75) is 58.7 Å². The van der Waals surface area contributed by atoms with Crippen LogP contribution in [-0.2, 0) is 19.1 Å². The number of rotatable bonds is 5. The van der Waals surface area contributed by atoms with Crippen LogP contribution in [0.4, 0.5) is 9.59 Å². The largest absolute Gasteiger partial charge is 0.453 e. The first-order chi connectivity index (χ1) is 16.8. The van der Waals surface area contributed by atoms with Crippen molar-refractivity contribution in [2.75, 3.05) is 13.7 Å². The van der Waals surface area contributed by atoms with E-state index in [1.54, 1.807) is 34.6 Å². The molecule has 0 bridgehead atoms. The Kier molecular flexibility index (Phi) is 8.22. The second-order valence-electron chi connectivity index (χ2n) is 9.91. The van der Waals surface area contributed by atoms with Gasteiger partial charge in [-0.05, 0) is 38.8 Å². The zero-order valence-corrected chi connectivity index (χ0v) is 22.8. The van der Waals surface area contributed by atoms with Crippen molar-refractivity contribution in [2.24, 2.45) is 5.92 Å². The lowest BCUT2D eigenvalue weighted by molar-refractivity contribution is -0.136. The van der Waals surface area contributed by atoms with Crippen LogP contribution in [0.3, 0.4) is 0 Å². The molecule has 1 N–H and O–H groups in total. The number of alkyl carbamates (subject to hydrolysis) is 1. The van der Waals surface area contributed by atoms with E-state index < -0.39 is 35.8 Å². The summed E-state index contributed by atoms with van der Waals surface area (Å²) in [4.78, 5) is 57.2. The predicted molar refractivity (Wildman–Crippen MR) is 135 cm³/mol. The van der Waals surface area contributed by atoms with Crippen molar-refractivity contribution in [3.8, 4) is 11.3 Å². The van der Waals surface area contributed by atoms with Gasteiger partial charge >= 0.3 is 12.2 Å². The average Bonchev–Trinajstić information content (AvgIpc) is 3.39. The number of benzene rings is 1. The highest BCUT2D eigenvalue weighted by atomic mass is 79.9. The first-order valence-electron chi connectivity index (χ1n) is 11.6. The number of nitrogens with one attached hydrogen (secondary N) is 1. The molecule has 0 spiro atoms. The van der Waals surface area contributed by atoms with E-state index in [-0.39, 0.29) is 30.5 Å². The first-order valence-corrected chi connectivity index (χ1v) is 12.3. The van der Waals surface area contributed by atoms with Gasteiger partial charge in [0.2, 0.25) is 5.91 Å². The van der Waals surface area contributed by atoms with Gasteiger partial charge in [0.25, 0.3) is 0 Å². The molecule has 2 aromatic rings. The topological polar surface area (TPSA) is 120 Å². The Balaban J connectivity index is 2.08. The molecule has 0 unspecified atom stereocenters. The zero-order valence-electron chi connectivity index (χ0n) is 21.2. The molecule has 2 amide bonds. The molecule has 194 valence electrons. The minimum atomic E-state index is -0.929. The van der Waals surface area contributed by atoms with Crippen molar-refractivity contribution in [3.05, 3.63) is 40.8 Å². The summed E-state index contributed by atoms with van der Waals surface area (Å²) in [7, 11) is 1.21. The van der Waals surface area contributed by atoms with Gasteiger partial charge in [0.15, 0.2) is 5.78 Å². The third kappa shape index (κ3) is 6.13. The molecule has 1 saturated heterocycles. The van der Waals surface area contributed by atoms with Crippen LogP contribution >= 0.6 is 15.9 Å². The van der Waals surface area contributed by atoms with E-state index >= 15 is 0 Å². The Labute approximate surface area is 218 Å². The Bertz CT molecular complexity index is 1150. The zero-order chi connectivity index (χ0) is 26.8. The maximum atomic E-state index is 13.5. The smallest absolute Gasteiger partial charge is 0.420 e. The van der Waals surface area contributed by atoms with Gasteiger partial charge in [-0.25, -0.2) is 19.1 Å². The van der Waals surface area contributed by atoms with E-state index in [1.807, 2.05) is 24.3 Å². The van der Waals surface area contributed by atoms with Gasteiger partial charge < -0.3 is 19.7 Å². The van der Waals surface area contributed by atoms with Crippen LogP contribution in [0.2, 0.25) is 0 Å². The van der Waals surface area contributed by atoms with Crippen molar-refractivity contribution in [3.63, 3.8) is 0 Å². The number of imidazole rings is 1. The number of amides is 2. The summed E-state index contributed by atoms with van der Waals surface area (Å²) in [6.45, 7) is 8.64. The first kappa shape index (κ1) is 27.4. The number of nitrogens with zero attached hydrogens (tertiary/aromatic N) is 3. The van der Waals surface area contributed by atoms with Gasteiger partial charge in [0.1, 0.15) is 17.5 Å². The molecule has 36 heavy (non-hydrogen) atoms. The number of hydrogen-bond acceptors (Lipinski definition) is 7. The molecule has 2 atom stereocenters. The van der Waals surface area contributed by atoms with E-state index in [1.165, 1.54) is 22.8 Å². The van der Waals surface area contributed by atoms with E-state index in [2.05, 4.69) is 31.0 Å². The lowest BCUT2D eigenvalue weighted by Gasteiger charge is -2.30. The molecule has 2 heterocycles. The molecule has 11 heteroatoms. The summed E-state index contributed by atoms with van der Waals surface area (Å²) in [5, 5.41) is 2.55. The van der Waals surface area contributed by atoms with E-state index in [0.29, 0.717) is 11.3 Å². The van der Waals surface area contributed by atoms with Gasteiger partial charge in [-0.3, -0.25) is 9.59 Å². The molecule has 10 nitrogen and oxygen atoms in total. The Hall–Kier alpha value is -3.21. The van der Waals surface area contributed by atoms with E-state index in [4.69, 9.17) is 4.74 Å². The lowest BCUT2D eigenvalue weighted by Crippen LogP contribution is -2.51. The summed E-state index contributed by atoms with van der Waals surface area (Å²) in [5.74, 6) is -0.716. The van der Waals surface area contributed by atoms with Crippen molar-refractivity contribution >= 4 is 39.8 Å². The summed E-state index contributed by atoms with van der Waals surface area (Å²) >= 11 is 3.41. The van der Waals surface area contributed by atoms with Gasteiger partial charge in [0.05, 0.1) is 31.6 Å². The maximum absolute atomic E-state index is 13.5. The molecule has 0 saturated carbocycles. The van der Waals surface area contributed by atoms with Crippen LogP contribution in [0.15, 0.2) is 34.9 Å². The molecule has 1 aromatic carbocycles. The second kappa shape index (κ2) is 10.8. The van der Waals surface area contributed by atoms with Gasteiger partial charge in [0, 0.05) is 16.5 Å². The van der Waals surface area contributed by atoms with Crippen LogP contribution in [-0.4, -0.2) is 63.6 Å². The van der Waals surface area contributed by atoms with Crippen molar-refractivity contribution in [1.29, 1.82) is 0 Å². The highest BCUT2D eigenvalue weighted by Crippen LogP contribution is 2.34. The van der Waals surface area contributed by atoms with Gasteiger partial charge in [-0.1, -0.05) is 41.9 Å². The maximum Gasteiger partial charge on any atom is 0.420 e. The number of ketones is 1. The van der Waals surface area contributed by atoms with Crippen molar-refractivity contribution < 1.29 is 28.7 Å². The fraction of sp³-hybridized carbons (Fsp3) is 0.480. The molecular weight excluding hydrogens is 532 g/mol. The number of hydrogen-bond donors (Lipinski definition) is 1. The fourth-order valence-electron chi connectivity index (χ4n) is 3.96. The lowest BCUT2D eigenvalue weighted by atomic mass is 10.0. The average molecular weight is 563 g/mol. The van der Waals surface area contributed by atoms with Crippen LogP contribution in [0.1, 0.15) is 52.9 Å². The van der Waals surface area contributed by atoms with E-state index in [9.17, 15) is 19.2 Å². The molecular formula is C25H31BrN4O6. The number of Topliss-reactive ketones (excluding diaryl/α,β-unsaturated/α-hetero) is 1. The second-order valence-corrected chi connectivity index (χ2v) is 10.8. The highest BCUT2D eigenvalue weighted by Gasteiger charge is 2.42. The van der Waals surface area contributed by atoms with Crippen LogP contribution in [0.5, 0.6) is 0 Å².